The number of phenolic OH excluding ortho intramolecular Hbond substituents is 1. The van der Waals surface area contributed by atoms with Crippen LogP contribution >= 0.6 is 0 Å². The van der Waals surface area contributed by atoms with Crippen LogP contribution in [0, 0.1) is 6.92 Å². The first-order valence-corrected chi connectivity index (χ1v) is 7.25. The normalized spacial score (nSPS) is 11.9. The van der Waals surface area contributed by atoms with Gasteiger partial charge in [0.2, 0.25) is 0 Å². The van der Waals surface area contributed by atoms with Gasteiger partial charge in [0.1, 0.15) is 11.5 Å². The van der Waals surface area contributed by atoms with Gasteiger partial charge in [0.25, 0.3) is 0 Å². The summed E-state index contributed by atoms with van der Waals surface area (Å²) < 4.78 is 5.49. The zero-order valence-electron chi connectivity index (χ0n) is 12.7. The summed E-state index contributed by atoms with van der Waals surface area (Å²) in [5, 5.41) is 19.0. The minimum atomic E-state index is -0.882. The SMILES string of the molecule is CCOc1ccc(C(Cc2cccc(O)c2)C(=O)O)cc1C. The molecule has 2 N–H and O–H groups in total. The first-order chi connectivity index (χ1) is 10.5. The van der Waals surface area contributed by atoms with Crippen molar-refractivity contribution >= 4 is 5.97 Å². The Balaban J connectivity index is 2.28. The van der Waals surface area contributed by atoms with Gasteiger partial charge < -0.3 is 14.9 Å². The second-order valence-corrected chi connectivity index (χ2v) is 5.22. The number of carbonyl (C=O) groups is 1. The maximum Gasteiger partial charge on any atom is 0.311 e. The van der Waals surface area contributed by atoms with Gasteiger partial charge in [0.15, 0.2) is 0 Å². The molecular formula is C18H20O4. The molecule has 0 radical (unpaired) electrons. The lowest BCUT2D eigenvalue weighted by Gasteiger charge is -2.15. The van der Waals surface area contributed by atoms with Crippen LogP contribution < -0.4 is 4.74 Å². The number of aromatic hydroxyl groups is 1. The average Bonchev–Trinajstić information content (AvgIpc) is 2.47. The number of carboxylic acid groups (broad SMARTS) is 1. The number of ether oxygens (including phenoxy) is 1. The highest BCUT2D eigenvalue weighted by Gasteiger charge is 2.21. The molecule has 0 aromatic heterocycles. The highest BCUT2D eigenvalue weighted by Crippen LogP contribution is 2.27. The molecule has 0 amide bonds. The molecule has 0 bridgehead atoms. The molecule has 2 aromatic carbocycles. The fourth-order valence-electron chi connectivity index (χ4n) is 2.47. The molecule has 0 aliphatic carbocycles. The first kappa shape index (κ1) is 15.9. The standard InChI is InChI=1S/C18H20O4/c1-3-22-17-8-7-14(9-12(17)2)16(18(20)21)11-13-5-4-6-15(19)10-13/h4-10,16,19H,3,11H2,1-2H3,(H,20,21). The van der Waals surface area contributed by atoms with Crippen LogP contribution in [0.25, 0.3) is 0 Å². The summed E-state index contributed by atoms with van der Waals surface area (Å²) in [6, 6.07) is 12.2. The summed E-state index contributed by atoms with van der Waals surface area (Å²) in [4.78, 5) is 11.6. The highest BCUT2D eigenvalue weighted by atomic mass is 16.5. The van der Waals surface area contributed by atoms with Gasteiger partial charge in [-0.3, -0.25) is 4.79 Å². The number of hydrogen-bond acceptors (Lipinski definition) is 3. The van der Waals surface area contributed by atoms with E-state index < -0.39 is 11.9 Å². The molecule has 116 valence electrons. The van der Waals surface area contributed by atoms with Crippen LogP contribution in [0.5, 0.6) is 11.5 Å². The molecule has 0 spiro atoms. The first-order valence-electron chi connectivity index (χ1n) is 7.25. The minimum Gasteiger partial charge on any atom is -0.508 e. The van der Waals surface area contributed by atoms with E-state index in [1.165, 1.54) is 0 Å². The molecule has 0 aliphatic heterocycles. The molecule has 2 rings (SSSR count). The number of aryl methyl sites for hydroxylation is 1. The molecule has 2 aromatic rings. The summed E-state index contributed by atoms with van der Waals surface area (Å²) >= 11 is 0. The lowest BCUT2D eigenvalue weighted by molar-refractivity contribution is -0.138. The zero-order chi connectivity index (χ0) is 16.1. The Hall–Kier alpha value is -2.49. The lowest BCUT2D eigenvalue weighted by atomic mass is 9.91. The fourth-order valence-corrected chi connectivity index (χ4v) is 2.47. The second kappa shape index (κ2) is 6.98. The van der Waals surface area contributed by atoms with Crippen molar-refractivity contribution in [3.8, 4) is 11.5 Å². The fraction of sp³-hybridized carbons (Fsp3) is 0.278. The van der Waals surface area contributed by atoms with Crippen LogP contribution in [0.3, 0.4) is 0 Å². The van der Waals surface area contributed by atoms with Crippen LogP contribution in [0.15, 0.2) is 42.5 Å². The van der Waals surface area contributed by atoms with E-state index in [-0.39, 0.29) is 5.75 Å². The number of carboxylic acids is 1. The van der Waals surface area contributed by atoms with Crippen molar-refractivity contribution in [2.75, 3.05) is 6.61 Å². The third kappa shape index (κ3) is 3.79. The summed E-state index contributed by atoms with van der Waals surface area (Å²) in [6.07, 6.45) is 0.331. The lowest BCUT2D eigenvalue weighted by Crippen LogP contribution is -2.14. The average molecular weight is 300 g/mol. The Morgan fingerprint density at radius 3 is 2.59 bits per heavy atom. The van der Waals surface area contributed by atoms with E-state index in [1.807, 2.05) is 32.0 Å². The molecule has 0 heterocycles. The predicted molar refractivity (Wildman–Crippen MR) is 84.5 cm³/mol. The Bertz CT molecular complexity index is 664. The third-order valence-corrected chi connectivity index (χ3v) is 3.55. The molecule has 22 heavy (non-hydrogen) atoms. The molecule has 1 atom stereocenters. The Labute approximate surface area is 130 Å². The van der Waals surface area contributed by atoms with Gasteiger partial charge in [-0.05, 0) is 55.2 Å². The summed E-state index contributed by atoms with van der Waals surface area (Å²) in [5.74, 6) is -0.625. The molecule has 0 aliphatic rings. The van der Waals surface area contributed by atoms with Crippen molar-refractivity contribution in [2.24, 2.45) is 0 Å². The van der Waals surface area contributed by atoms with Gasteiger partial charge in [-0.15, -0.1) is 0 Å². The van der Waals surface area contributed by atoms with Gasteiger partial charge in [-0.1, -0.05) is 24.3 Å². The minimum absolute atomic E-state index is 0.143. The number of phenols is 1. The Morgan fingerprint density at radius 2 is 2.00 bits per heavy atom. The topological polar surface area (TPSA) is 66.8 Å². The van der Waals surface area contributed by atoms with Crippen molar-refractivity contribution in [1.29, 1.82) is 0 Å². The van der Waals surface area contributed by atoms with Crippen LogP contribution in [0.1, 0.15) is 29.5 Å². The largest absolute Gasteiger partial charge is 0.508 e. The van der Waals surface area contributed by atoms with Crippen molar-refractivity contribution in [3.63, 3.8) is 0 Å². The number of rotatable bonds is 6. The predicted octanol–water partition coefficient (Wildman–Crippen LogP) is 3.51. The summed E-state index contributed by atoms with van der Waals surface area (Å²) in [5.41, 5.74) is 2.44. The smallest absolute Gasteiger partial charge is 0.311 e. The van der Waals surface area contributed by atoms with Crippen LogP contribution in [0.4, 0.5) is 0 Å². The van der Waals surface area contributed by atoms with E-state index in [0.717, 1.165) is 22.4 Å². The maximum atomic E-state index is 11.6. The van der Waals surface area contributed by atoms with E-state index in [2.05, 4.69) is 0 Å². The van der Waals surface area contributed by atoms with E-state index in [0.29, 0.717) is 13.0 Å². The highest BCUT2D eigenvalue weighted by molar-refractivity contribution is 5.76. The molecule has 0 fully saturated rings. The second-order valence-electron chi connectivity index (χ2n) is 5.22. The Morgan fingerprint density at radius 1 is 1.23 bits per heavy atom. The molecule has 4 heteroatoms. The van der Waals surface area contributed by atoms with Crippen molar-refractivity contribution in [2.45, 2.75) is 26.2 Å². The van der Waals surface area contributed by atoms with Crippen LogP contribution in [0.2, 0.25) is 0 Å². The van der Waals surface area contributed by atoms with Crippen LogP contribution in [-0.2, 0) is 11.2 Å². The molecule has 4 nitrogen and oxygen atoms in total. The van der Waals surface area contributed by atoms with Crippen molar-refractivity contribution in [1.82, 2.24) is 0 Å². The van der Waals surface area contributed by atoms with E-state index in [1.54, 1.807) is 24.3 Å². The van der Waals surface area contributed by atoms with Crippen molar-refractivity contribution < 1.29 is 19.7 Å². The van der Waals surface area contributed by atoms with E-state index in [4.69, 9.17) is 4.74 Å². The monoisotopic (exact) mass is 300 g/mol. The van der Waals surface area contributed by atoms with Gasteiger partial charge >= 0.3 is 5.97 Å². The zero-order valence-corrected chi connectivity index (χ0v) is 12.7. The Kier molecular flexibility index (Phi) is 5.04. The molecule has 1 unspecified atom stereocenters. The van der Waals surface area contributed by atoms with Gasteiger partial charge in [0, 0.05) is 0 Å². The van der Waals surface area contributed by atoms with Gasteiger partial charge in [0.05, 0.1) is 12.5 Å². The van der Waals surface area contributed by atoms with Crippen molar-refractivity contribution in [3.05, 3.63) is 59.2 Å². The summed E-state index contributed by atoms with van der Waals surface area (Å²) in [7, 11) is 0. The molecule has 0 saturated carbocycles. The van der Waals surface area contributed by atoms with E-state index in [9.17, 15) is 15.0 Å². The number of benzene rings is 2. The van der Waals surface area contributed by atoms with Gasteiger partial charge in [-0.2, -0.15) is 0 Å². The van der Waals surface area contributed by atoms with Gasteiger partial charge in [-0.25, -0.2) is 0 Å². The quantitative estimate of drug-likeness (QED) is 0.856. The molecule has 0 saturated heterocycles. The van der Waals surface area contributed by atoms with Crippen LogP contribution in [-0.4, -0.2) is 22.8 Å². The molecular weight excluding hydrogens is 280 g/mol. The number of hydrogen-bond donors (Lipinski definition) is 2. The summed E-state index contributed by atoms with van der Waals surface area (Å²) in [6.45, 7) is 4.39. The number of aliphatic carboxylic acids is 1. The maximum absolute atomic E-state index is 11.6. The third-order valence-electron chi connectivity index (χ3n) is 3.55. The van der Waals surface area contributed by atoms with E-state index >= 15 is 0 Å².